The lowest BCUT2D eigenvalue weighted by Gasteiger charge is -2.11. The maximum Gasteiger partial charge on any atom is 0.224 e. The summed E-state index contributed by atoms with van der Waals surface area (Å²) < 4.78 is 4.98. The fourth-order valence-electron chi connectivity index (χ4n) is 3.83. The first-order valence-electron chi connectivity index (χ1n) is 14.3. The monoisotopic (exact) mass is 522 g/mol. The molecule has 1 saturated heterocycles. The normalized spacial score (nSPS) is 15.1. The topological polar surface area (TPSA) is 55.6 Å². The number of ether oxygens (including phenoxy) is 1. The quantitative estimate of drug-likeness (QED) is 0.333. The average Bonchev–Trinajstić information content (AvgIpc) is 3.32. The van der Waals surface area contributed by atoms with E-state index in [0.717, 1.165) is 31.2 Å². The number of allylic oxidation sites excluding steroid dienone is 8. The van der Waals surface area contributed by atoms with Crippen molar-refractivity contribution in [3.63, 3.8) is 0 Å². The molecule has 38 heavy (non-hydrogen) atoms. The molecule has 4 nitrogen and oxygen atoms in total. The summed E-state index contributed by atoms with van der Waals surface area (Å²) in [4.78, 5) is 13.6. The number of amides is 1. The summed E-state index contributed by atoms with van der Waals surface area (Å²) in [6, 6.07) is 9.70. The predicted octanol–water partition coefficient (Wildman–Crippen LogP) is 8.15. The molecule has 2 aliphatic rings. The van der Waals surface area contributed by atoms with E-state index in [1.165, 1.54) is 43.6 Å². The highest BCUT2D eigenvalue weighted by atomic mass is 16.5. The van der Waals surface area contributed by atoms with Gasteiger partial charge in [-0.25, -0.2) is 0 Å². The molecule has 0 radical (unpaired) electrons. The van der Waals surface area contributed by atoms with Crippen LogP contribution < -0.4 is 5.73 Å². The molecule has 0 saturated carbocycles. The van der Waals surface area contributed by atoms with Crippen molar-refractivity contribution >= 4 is 5.91 Å². The summed E-state index contributed by atoms with van der Waals surface area (Å²) in [5.41, 5.74) is 8.93. The minimum atomic E-state index is -0.229. The van der Waals surface area contributed by atoms with E-state index in [1.54, 1.807) is 7.11 Å². The lowest BCUT2D eigenvalue weighted by atomic mass is 9.94. The summed E-state index contributed by atoms with van der Waals surface area (Å²) in [6.45, 7) is 15.3. The van der Waals surface area contributed by atoms with Gasteiger partial charge < -0.3 is 15.4 Å². The van der Waals surface area contributed by atoms with Crippen LogP contribution in [-0.2, 0) is 9.53 Å². The first kappa shape index (κ1) is 35.3. The number of nitrogens with two attached hydrogens (primary N) is 1. The number of carbonyl (C=O) groups is 1. The molecule has 1 fully saturated rings. The first-order valence-corrected chi connectivity index (χ1v) is 14.3. The SMILES string of the molecule is CC/C=C\C=C(C)C.CCCC(C(N)=O)c1ccccc1.CCN1CCCC1.COCC1=CC=CCC=C1. The van der Waals surface area contributed by atoms with Gasteiger partial charge in [-0.2, -0.15) is 0 Å². The van der Waals surface area contributed by atoms with Crippen molar-refractivity contribution in [1.82, 2.24) is 4.90 Å². The molecular formula is C34H54N2O2. The van der Waals surface area contributed by atoms with Gasteiger partial charge in [-0.05, 0) is 76.7 Å². The van der Waals surface area contributed by atoms with Gasteiger partial charge in [-0.1, -0.05) is 112 Å². The molecule has 3 rings (SSSR count). The third kappa shape index (κ3) is 19.4. The number of methoxy groups -OCH3 is 1. The van der Waals surface area contributed by atoms with Crippen LogP contribution in [0.15, 0.2) is 90.1 Å². The summed E-state index contributed by atoms with van der Waals surface area (Å²) >= 11 is 0. The van der Waals surface area contributed by atoms with Gasteiger partial charge in [0.2, 0.25) is 5.91 Å². The molecule has 1 aliphatic heterocycles. The number of hydrogen-bond donors (Lipinski definition) is 1. The maximum absolute atomic E-state index is 11.1. The van der Waals surface area contributed by atoms with Crippen LogP contribution in [0.1, 0.15) is 84.6 Å². The Morgan fingerprint density at radius 2 is 1.76 bits per heavy atom. The van der Waals surface area contributed by atoms with E-state index in [2.05, 4.69) is 88.1 Å². The lowest BCUT2D eigenvalue weighted by molar-refractivity contribution is -0.119. The number of likely N-dealkylation sites (tertiary alicyclic amines) is 1. The van der Waals surface area contributed by atoms with Gasteiger partial charge in [-0.3, -0.25) is 4.79 Å². The van der Waals surface area contributed by atoms with E-state index >= 15 is 0 Å². The number of rotatable bonds is 9. The zero-order valence-electron chi connectivity index (χ0n) is 25.0. The predicted molar refractivity (Wildman–Crippen MR) is 166 cm³/mol. The highest BCUT2D eigenvalue weighted by Gasteiger charge is 2.15. The Hall–Kier alpha value is -2.69. The summed E-state index contributed by atoms with van der Waals surface area (Å²) in [6.07, 6.45) is 23.7. The molecule has 0 bridgehead atoms. The number of carbonyl (C=O) groups excluding carboxylic acids is 1. The van der Waals surface area contributed by atoms with E-state index in [0.29, 0.717) is 6.61 Å². The molecule has 1 aliphatic carbocycles. The third-order valence-electron chi connectivity index (χ3n) is 5.93. The molecule has 2 N–H and O–H groups in total. The van der Waals surface area contributed by atoms with Crippen LogP contribution in [0.5, 0.6) is 0 Å². The van der Waals surface area contributed by atoms with Gasteiger partial charge in [0.15, 0.2) is 0 Å². The van der Waals surface area contributed by atoms with Gasteiger partial charge >= 0.3 is 0 Å². The van der Waals surface area contributed by atoms with Crippen molar-refractivity contribution in [2.75, 3.05) is 33.4 Å². The molecule has 1 atom stereocenters. The van der Waals surface area contributed by atoms with E-state index in [1.807, 2.05) is 30.3 Å². The van der Waals surface area contributed by atoms with Gasteiger partial charge in [0.1, 0.15) is 0 Å². The van der Waals surface area contributed by atoms with E-state index in [9.17, 15) is 4.79 Å². The molecular weight excluding hydrogens is 468 g/mol. The third-order valence-corrected chi connectivity index (χ3v) is 5.93. The second-order valence-corrected chi connectivity index (χ2v) is 9.62. The molecule has 0 aromatic heterocycles. The highest BCUT2D eigenvalue weighted by Crippen LogP contribution is 2.20. The summed E-state index contributed by atoms with van der Waals surface area (Å²) in [7, 11) is 1.71. The first-order chi connectivity index (χ1) is 18.4. The Balaban J connectivity index is 0.000000494. The van der Waals surface area contributed by atoms with Crippen molar-refractivity contribution in [3.8, 4) is 0 Å². The van der Waals surface area contributed by atoms with E-state index in [4.69, 9.17) is 10.5 Å². The van der Waals surface area contributed by atoms with Gasteiger partial charge in [0.25, 0.3) is 0 Å². The zero-order valence-corrected chi connectivity index (χ0v) is 25.0. The Labute approximate surface area is 234 Å². The van der Waals surface area contributed by atoms with E-state index in [-0.39, 0.29) is 11.8 Å². The van der Waals surface area contributed by atoms with Crippen LogP contribution in [0.4, 0.5) is 0 Å². The van der Waals surface area contributed by atoms with E-state index < -0.39 is 0 Å². The van der Waals surface area contributed by atoms with Gasteiger partial charge in [-0.15, -0.1) is 0 Å². The summed E-state index contributed by atoms with van der Waals surface area (Å²) in [5.74, 6) is -0.348. The van der Waals surface area contributed by atoms with Crippen molar-refractivity contribution in [3.05, 3.63) is 95.6 Å². The Kier molecular flexibility index (Phi) is 22.9. The molecule has 1 aromatic rings. The van der Waals surface area contributed by atoms with Crippen LogP contribution in [-0.4, -0.2) is 44.2 Å². The zero-order chi connectivity index (χ0) is 28.4. The maximum atomic E-state index is 11.1. The Bertz CT molecular complexity index is 856. The average molecular weight is 523 g/mol. The molecule has 1 unspecified atom stereocenters. The Morgan fingerprint density at radius 3 is 2.26 bits per heavy atom. The molecule has 1 heterocycles. The molecule has 212 valence electrons. The number of benzene rings is 1. The van der Waals surface area contributed by atoms with Crippen molar-refractivity contribution < 1.29 is 9.53 Å². The van der Waals surface area contributed by atoms with Crippen LogP contribution in [0.25, 0.3) is 0 Å². The molecule has 1 amide bonds. The molecule has 1 aromatic carbocycles. The standard InChI is InChI=1S/C11H15NO.C9H12O.C8H14.C6H13N/c1-2-6-10(11(12)13)9-7-4-3-5-8-9;1-10-8-9-6-4-2-3-5-7-9;1-4-5-6-7-8(2)3;1-2-7-5-3-4-6-7/h3-5,7-8,10H,2,6H2,1H3,(H2,12,13);2,4-7H,3,8H2,1H3;5-7H,4H2,1-3H3;2-6H2,1H3/b;;6-5-;. The lowest BCUT2D eigenvalue weighted by Crippen LogP contribution is -2.21. The molecule has 0 spiro atoms. The smallest absolute Gasteiger partial charge is 0.224 e. The highest BCUT2D eigenvalue weighted by molar-refractivity contribution is 5.81. The second-order valence-electron chi connectivity index (χ2n) is 9.62. The minimum absolute atomic E-state index is 0.119. The Morgan fingerprint density at radius 1 is 1.08 bits per heavy atom. The minimum Gasteiger partial charge on any atom is -0.380 e. The number of nitrogens with zero attached hydrogens (tertiary/aromatic N) is 1. The largest absolute Gasteiger partial charge is 0.380 e. The van der Waals surface area contributed by atoms with Crippen molar-refractivity contribution in [1.29, 1.82) is 0 Å². The van der Waals surface area contributed by atoms with Crippen LogP contribution in [0.2, 0.25) is 0 Å². The number of hydrogen-bond acceptors (Lipinski definition) is 3. The number of primary amides is 1. The van der Waals surface area contributed by atoms with Crippen LogP contribution in [0.3, 0.4) is 0 Å². The molecule has 4 heteroatoms. The van der Waals surface area contributed by atoms with Crippen LogP contribution >= 0.6 is 0 Å². The second kappa shape index (κ2) is 24.6. The fourth-order valence-corrected chi connectivity index (χ4v) is 3.83. The van der Waals surface area contributed by atoms with Gasteiger partial charge in [0, 0.05) is 7.11 Å². The van der Waals surface area contributed by atoms with Crippen molar-refractivity contribution in [2.24, 2.45) is 5.73 Å². The fraction of sp³-hybridized carbons (Fsp3) is 0.500. The van der Waals surface area contributed by atoms with Crippen LogP contribution in [0, 0.1) is 0 Å². The summed E-state index contributed by atoms with van der Waals surface area (Å²) in [5, 5.41) is 0. The van der Waals surface area contributed by atoms with Gasteiger partial charge in [0.05, 0.1) is 12.5 Å². The van der Waals surface area contributed by atoms with Crippen molar-refractivity contribution in [2.45, 2.75) is 79.1 Å².